The number of pyridine rings is 3. The summed E-state index contributed by atoms with van der Waals surface area (Å²) in [6.45, 7) is 20.5. The number of carbonyl (C=O) groups is 3. The number of nitrogens with one attached hydrogen (secondary N) is 3. The predicted molar refractivity (Wildman–Crippen MR) is 279 cm³/mol. The maximum absolute atomic E-state index is 13.3. The van der Waals surface area contributed by atoms with Gasteiger partial charge in [0.05, 0.1) is 65.3 Å². The van der Waals surface area contributed by atoms with E-state index in [2.05, 4.69) is 45.9 Å². The molecule has 0 spiro atoms. The molecule has 26 heteroatoms. The van der Waals surface area contributed by atoms with E-state index < -0.39 is 72.5 Å². The third-order valence-corrected chi connectivity index (χ3v) is 12.0. The Morgan fingerprint density at radius 3 is 0.840 bits per heavy atom. The minimum Gasteiger partial charge on any atom is -0.444 e. The van der Waals surface area contributed by atoms with Gasteiger partial charge in [-0.3, -0.25) is 15.0 Å². The first-order valence-electron chi connectivity index (χ1n) is 22.5. The van der Waals surface area contributed by atoms with Gasteiger partial charge in [-0.25, -0.2) is 55.7 Å². The molecule has 0 bridgehead atoms. The molecule has 15 nitrogen and oxygen atoms in total. The van der Waals surface area contributed by atoms with Crippen LogP contribution >= 0.6 is 46.2 Å². The summed E-state index contributed by atoms with van der Waals surface area (Å²) < 4.78 is 105. The van der Waals surface area contributed by atoms with Crippen molar-refractivity contribution in [2.75, 3.05) is 6.26 Å². The summed E-state index contributed by atoms with van der Waals surface area (Å²) >= 11 is 4.54. The van der Waals surface area contributed by atoms with Gasteiger partial charge in [0, 0.05) is 37.0 Å². The fraction of sp³-hybridized carbons (Fsp3) is 0.449. The first kappa shape index (κ1) is 63.3. The zero-order valence-corrected chi connectivity index (χ0v) is 46.6. The summed E-state index contributed by atoms with van der Waals surface area (Å²) in [7, 11) is 0. The van der Waals surface area contributed by atoms with Gasteiger partial charge >= 0.3 is 18.3 Å². The van der Waals surface area contributed by atoms with Crippen molar-refractivity contribution in [3.8, 4) is 31.7 Å². The third-order valence-electron chi connectivity index (χ3n) is 9.14. The molecule has 0 aromatic carbocycles. The van der Waals surface area contributed by atoms with Crippen LogP contribution in [0.15, 0.2) is 71.5 Å². The number of aromatic nitrogens is 6. The molecule has 0 aliphatic carbocycles. The van der Waals surface area contributed by atoms with Crippen molar-refractivity contribution in [3.63, 3.8) is 0 Å². The van der Waals surface area contributed by atoms with Gasteiger partial charge < -0.3 is 30.2 Å². The number of alkyl carbamates (subject to hydrolysis) is 3. The first-order valence-corrected chi connectivity index (χ1v) is 26.3. The maximum Gasteiger partial charge on any atom is 0.408 e. The predicted octanol–water partition coefficient (Wildman–Crippen LogP) is 14.3. The smallest absolute Gasteiger partial charge is 0.408 e. The minimum absolute atomic E-state index is 0.210. The number of aryl methyl sites for hydroxylation is 3. The Labute approximate surface area is 447 Å². The number of hydrogen-bond acceptors (Lipinski definition) is 16. The molecule has 6 aromatic heterocycles. The molecular formula is C49H60F7N9O6S4. The standard InChI is InChI=1S/3C16H19F2N3O2S.CH3FS/c3*1-9-13(24-8-20-9)11-6-5-10(7-19-11)12(14(17)18)21-15(22)23-16(2,3)4;1-3-2/h3*5-8,12,14H,1-4H3,(H,21,22);1H3/t2*12-;;/m10../s1. The number of nitrogens with zero attached hydrogens (tertiary/aromatic N) is 6. The maximum atomic E-state index is 13.3. The van der Waals surface area contributed by atoms with Crippen molar-refractivity contribution >= 4 is 64.4 Å². The molecule has 3 N–H and O–H groups in total. The SMILES string of the molecule is CSF.Cc1ncsc1-c1ccc(C(NC(=O)OC(C)(C)C)C(F)F)cn1.Cc1ncsc1-c1ccc([C@@H](NC(=O)OC(C)(C)C)C(F)F)cn1.Cc1ncsc1-c1ccc([C@H](NC(=O)OC(C)(C)C)C(F)F)cn1. The van der Waals surface area contributed by atoms with Gasteiger partial charge in [-0.2, -0.15) is 3.89 Å². The molecule has 3 atom stereocenters. The summed E-state index contributed by atoms with van der Waals surface area (Å²) in [6.07, 6.45) is -5.64. The van der Waals surface area contributed by atoms with Gasteiger partial charge in [-0.05, 0) is 118 Å². The normalized spacial score (nSPS) is 12.7. The van der Waals surface area contributed by atoms with E-state index in [0.717, 1.165) is 31.7 Å². The van der Waals surface area contributed by atoms with Crippen LogP contribution in [0.3, 0.4) is 0 Å². The molecule has 0 saturated heterocycles. The number of halogens is 7. The first-order chi connectivity index (χ1) is 34.9. The molecule has 3 amide bonds. The Balaban J connectivity index is 0.000000288. The second-order valence-electron chi connectivity index (χ2n) is 18.8. The molecule has 0 saturated carbocycles. The van der Waals surface area contributed by atoms with Gasteiger partial charge in [0.15, 0.2) is 0 Å². The van der Waals surface area contributed by atoms with E-state index in [4.69, 9.17) is 14.2 Å². The number of hydrogen-bond donors (Lipinski definition) is 3. The van der Waals surface area contributed by atoms with E-state index in [9.17, 15) is 44.6 Å². The lowest BCUT2D eigenvalue weighted by Crippen LogP contribution is -2.37. The van der Waals surface area contributed by atoms with E-state index in [1.807, 2.05) is 20.8 Å². The van der Waals surface area contributed by atoms with Crippen LogP contribution in [0.1, 0.15) is 114 Å². The molecule has 1 unspecified atom stereocenters. The highest BCUT2D eigenvalue weighted by Crippen LogP contribution is 2.31. The van der Waals surface area contributed by atoms with Crippen LogP contribution < -0.4 is 16.0 Å². The monoisotopic (exact) mass is 1130 g/mol. The zero-order chi connectivity index (χ0) is 56.4. The number of amides is 3. The summed E-state index contributed by atoms with van der Waals surface area (Å²) in [4.78, 5) is 63.0. The number of carbonyl (C=O) groups excluding carboxylic acids is 3. The van der Waals surface area contributed by atoms with Crippen molar-refractivity contribution in [3.05, 3.63) is 105 Å². The summed E-state index contributed by atoms with van der Waals surface area (Å²) in [6, 6.07) is 5.05. The lowest BCUT2D eigenvalue weighted by Gasteiger charge is -2.23. The Morgan fingerprint density at radius 1 is 0.467 bits per heavy atom. The molecule has 0 aliphatic rings. The van der Waals surface area contributed by atoms with Crippen LogP contribution in [0.4, 0.5) is 44.6 Å². The molecule has 410 valence electrons. The highest BCUT2D eigenvalue weighted by molar-refractivity contribution is 7.93. The van der Waals surface area contributed by atoms with E-state index in [1.54, 1.807) is 97.0 Å². The van der Waals surface area contributed by atoms with E-state index in [0.29, 0.717) is 17.1 Å². The number of thiazole rings is 3. The lowest BCUT2D eigenvalue weighted by molar-refractivity contribution is 0.0367. The molecule has 0 aliphatic heterocycles. The van der Waals surface area contributed by atoms with Crippen LogP contribution in [0.25, 0.3) is 31.7 Å². The molecule has 0 radical (unpaired) electrons. The largest absolute Gasteiger partial charge is 0.444 e. The van der Waals surface area contributed by atoms with Crippen LogP contribution in [-0.2, 0) is 14.2 Å². The molecular weight excluding hydrogens is 1070 g/mol. The van der Waals surface area contributed by atoms with Gasteiger partial charge in [-0.1, -0.05) is 18.2 Å². The van der Waals surface area contributed by atoms with Crippen molar-refractivity contribution in [2.45, 2.75) is 137 Å². The Morgan fingerprint density at radius 2 is 0.693 bits per heavy atom. The molecule has 6 heterocycles. The summed E-state index contributed by atoms with van der Waals surface area (Å²) in [5.74, 6) is 0. The number of alkyl halides is 6. The van der Waals surface area contributed by atoms with Crippen molar-refractivity contribution < 1.29 is 58.8 Å². The van der Waals surface area contributed by atoms with E-state index in [1.165, 1.54) is 77.1 Å². The Bertz CT molecular complexity index is 2400. The van der Waals surface area contributed by atoms with E-state index >= 15 is 0 Å². The quantitative estimate of drug-likeness (QED) is 0.0775. The molecule has 6 rings (SSSR count). The fourth-order valence-electron chi connectivity index (χ4n) is 5.99. The van der Waals surface area contributed by atoms with Crippen LogP contribution in [0.2, 0.25) is 0 Å². The third kappa shape index (κ3) is 21.6. The van der Waals surface area contributed by atoms with E-state index in [-0.39, 0.29) is 28.8 Å². The van der Waals surface area contributed by atoms with Gasteiger partial charge in [0.1, 0.15) is 34.9 Å². The van der Waals surface area contributed by atoms with Crippen LogP contribution in [0.5, 0.6) is 0 Å². The number of rotatable bonds is 12. The van der Waals surface area contributed by atoms with Gasteiger partial charge in [-0.15, -0.1) is 34.0 Å². The topological polar surface area (TPSA) is 192 Å². The highest BCUT2D eigenvalue weighted by Gasteiger charge is 2.30. The number of ether oxygens (including phenoxy) is 3. The zero-order valence-electron chi connectivity index (χ0n) is 43.3. The fourth-order valence-corrected chi connectivity index (χ4v) is 8.34. The summed E-state index contributed by atoms with van der Waals surface area (Å²) in [5.41, 5.74) is 7.91. The van der Waals surface area contributed by atoms with Gasteiger partial charge in [0.2, 0.25) is 0 Å². The van der Waals surface area contributed by atoms with Crippen molar-refractivity contribution in [2.24, 2.45) is 0 Å². The van der Waals surface area contributed by atoms with Crippen LogP contribution in [-0.4, -0.2) is 90.5 Å². The van der Waals surface area contributed by atoms with Crippen molar-refractivity contribution in [1.29, 1.82) is 0 Å². The molecule has 0 fully saturated rings. The second kappa shape index (κ2) is 28.8. The van der Waals surface area contributed by atoms with Gasteiger partial charge in [0.25, 0.3) is 19.3 Å². The Hall–Kier alpha value is -5.99. The minimum atomic E-state index is -2.78. The molecule has 6 aromatic rings. The lowest BCUT2D eigenvalue weighted by atomic mass is 10.1. The second-order valence-corrected chi connectivity index (χ2v) is 21.6. The highest BCUT2D eigenvalue weighted by atomic mass is 32.2. The average molecular weight is 1130 g/mol. The summed E-state index contributed by atoms with van der Waals surface area (Å²) in [5, 5.41) is 6.58. The van der Waals surface area contributed by atoms with Crippen LogP contribution in [0, 0.1) is 20.8 Å². The Kier molecular flexibility index (Phi) is 24.3. The molecule has 75 heavy (non-hydrogen) atoms. The van der Waals surface area contributed by atoms with Crippen molar-refractivity contribution in [1.82, 2.24) is 45.9 Å². The average Bonchev–Trinajstić information content (AvgIpc) is 4.06.